The molecule has 1 aliphatic carbocycles. The highest BCUT2D eigenvalue weighted by atomic mass is 16.6. The van der Waals surface area contributed by atoms with E-state index in [9.17, 15) is 4.79 Å². The number of aromatic nitrogens is 2. The maximum absolute atomic E-state index is 11.3. The molecular formula is C14H22N4O2. The Hall–Kier alpha value is -1.85. The van der Waals surface area contributed by atoms with Gasteiger partial charge in [-0.2, -0.15) is 0 Å². The summed E-state index contributed by atoms with van der Waals surface area (Å²) < 4.78 is 5.36. The van der Waals surface area contributed by atoms with E-state index in [1.807, 2.05) is 0 Å². The van der Waals surface area contributed by atoms with Crippen molar-refractivity contribution in [1.82, 2.24) is 9.97 Å². The van der Waals surface area contributed by atoms with Crippen LogP contribution >= 0.6 is 0 Å². The number of rotatable bonds is 4. The van der Waals surface area contributed by atoms with Crippen molar-refractivity contribution in [2.24, 2.45) is 23.0 Å². The molecule has 1 amide bonds. The maximum atomic E-state index is 11.3. The average Bonchev–Trinajstić information content (AvgIpc) is 3.11. The lowest BCUT2D eigenvalue weighted by molar-refractivity contribution is 0.00886. The average molecular weight is 278 g/mol. The number of nitrogens with two attached hydrogens (primary N) is 2. The van der Waals surface area contributed by atoms with Gasteiger partial charge in [0.15, 0.2) is 6.10 Å². The van der Waals surface area contributed by atoms with Crippen LogP contribution in [0.25, 0.3) is 0 Å². The molecule has 20 heavy (non-hydrogen) atoms. The second-order valence-corrected chi connectivity index (χ2v) is 6.45. The van der Waals surface area contributed by atoms with Gasteiger partial charge in [-0.05, 0) is 24.2 Å². The Kier molecular flexibility index (Phi) is 3.83. The fourth-order valence-corrected chi connectivity index (χ4v) is 2.80. The van der Waals surface area contributed by atoms with E-state index in [4.69, 9.17) is 16.2 Å². The number of ether oxygens (including phenoxy) is 1. The molecule has 0 unspecified atom stereocenters. The van der Waals surface area contributed by atoms with Gasteiger partial charge in [0, 0.05) is 5.92 Å². The highest BCUT2D eigenvalue weighted by molar-refractivity contribution is 5.65. The van der Waals surface area contributed by atoms with E-state index in [0.29, 0.717) is 17.4 Å². The number of nitrogens with zero attached hydrogens (tertiary/aromatic N) is 2. The zero-order valence-electron chi connectivity index (χ0n) is 12.2. The minimum absolute atomic E-state index is 0.0235. The Morgan fingerprint density at radius 2 is 2.00 bits per heavy atom. The van der Waals surface area contributed by atoms with Crippen LogP contribution in [0.2, 0.25) is 0 Å². The van der Waals surface area contributed by atoms with Crippen molar-refractivity contribution < 1.29 is 9.53 Å². The Balaban J connectivity index is 2.34. The molecule has 0 aliphatic heterocycles. The Labute approximate surface area is 118 Å². The first-order valence-corrected chi connectivity index (χ1v) is 6.82. The molecule has 6 heteroatoms. The maximum Gasteiger partial charge on any atom is 0.405 e. The van der Waals surface area contributed by atoms with Crippen LogP contribution in [0.1, 0.15) is 45.4 Å². The first-order chi connectivity index (χ1) is 9.29. The summed E-state index contributed by atoms with van der Waals surface area (Å²) in [5, 5.41) is 0. The zero-order valence-corrected chi connectivity index (χ0v) is 12.2. The first kappa shape index (κ1) is 14.6. The fraction of sp³-hybridized carbons (Fsp3) is 0.643. The number of hydrogen-bond donors (Lipinski definition) is 2. The Bertz CT molecular complexity index is 477. The normalized spacial score (nSPS) is 18.4. The van der Waals surface area contributed by atoms with Gasteiger partial charge in [-0.25, -0.2) is 9.78 Å². The number of anilines is 1. The highest BCUT2D eigenvalue weighted by Crippen LogP contribution is 2.52. The predicted molar refractivity (Wildman–Crippen MR) is 75.5 cm³/mol. The largest absolute Gasteiger partial charge is 0.439 e. The number of carbonyl (C=O) groups is 1. The van der Waals surface area contributed by atoms with Crippen LogP contribution in [0.5, 0.6) is 0 Å². The third-order valence-corrected chi connectivity index (χ3v) is 3.68. The molecule has 2 atom stereocenters. The summed E-state index contributed by atoms with van der Waals surface area (Å²) in [4.78, 5) is 19.5. The van der Waals surface area contributed by atoms with E-state index in [2.05, 4.69) is 30.7 Å². The number of amides is 1. The predicted octanol–water partition coefficient (Wildman–Crippen LogP) is 2.27. The first-order valence-electron chi connectivity index (χ1n) is 6.82. The molecule has 0 radical (unpaired) electrons. The van der Waals surface area contributed by atoms with Crippen molar-refractivity contribution in [3.8, 4) is 0 Å². The third-order valence-electron chi connectivity index (χ3n) is 3.68. The number of primary amides is 1. The van der Waals surface area contributed by atoms with Gasteiger partial charge < -0.3 is 16.2 Å². The standard InChI is InChI=1S/C14H22N4O2/c1-14(2,3)11(8-4-5-8)12(20-13(16)19)9-6-18-10(15)7-17-9/h6-8,11-12H,4-5H2,1-3H3,(H2,15,18)(H2,16,19)/t11-,12+/m1/s1. The molecule has 1 saturated carbocycles. The quantitative estimate of drug-likeness (QED) is 0.879. The van der Waals surface area contributed by atoms with Crippen LogP contribution in [-0.2, 0) is 4.74 Å². The van der Waals surface area contributed by atoms with Gasteiger partial charge in [0.25, 0.3) is 0 Å². The monoisotopic (exact) mass is 278 g/mol. The topological polar surface area (TPSA) is 104 Å². The van der Waals surface area contributed by atoms with Gasteiger partial charge in [-0.3, -0.25) is 4.98 Å². The molecule has 110 valence electrons. The van der Waals surface area contributed by atoms with Gasteiger partial charge in [-0.1, -0.05) is 20.8 Å². The smallest absolute Gasteiger partial charge is 0.405 e. The molecule has 0 bridgehead atoms. The molecule has 0 spiro atoms. The summed E-state index contributed by atoms with van der Waals surface area (Å²) in [6.45, 7) is 6.41. The molecule has 1 aromatic heterocycles. The molecule has 0 saturated heterocycles. The Morgan fingerprint density at radius 3 is 2.40 bits per heavy atom. The summed E-state index contributed by atoms with van der Waals surface area (Å²) in [5.41, 5.74) is 11.4. The summed E-state index contributed by atoms with van der Waals surface area (Å²) in [7, 11) is 0. The zero-order chi connectivity index (χ0) is 14.9. The van der Waals surface area contributed by atoms with Gasteiger partial charge in [0.05, 0.1) is 18.1 Å². The molecule has 2 rings (SSSR count). The second kappa shape index (κ2) is 5.26. The minimum Gasteiger partial charge on any atom is -0.439 e. The van der Waals surface area contributed by atoms with Crippen molar-refractivity contribution in [3.05, 3.63) is 18.1 Å². The number of hydrogen-bond acceptors (Lipinski definition) is 5. The SMILES string of the molecule is CC(C)(C)[C@H](C1CC1)[C@@H](OC(N)=O)c1cnc(N)cn1. The van der Waals surface area contributed by atoms with Gasteiger partial charge in [0.1, 0.15) is 5.82 Å². The summed E-state index contributed by atoms with van der Waals surface area (Å²) >= 11 is 0. The van der Waals surface area contributed by atoms with Crippen molar-refractivity contribution >= 4 is 11.9 Å². The number of carbonyl (C=O) groups excluding carboxylic acids is 1. The van der Waals surface area contributed by atoms with Gasteiger partial charge in [0.2, 0.25) is 0 Å². The van der Waals surface area contributed by atoms with E-state index in [1.54, 1.807) is 6.20 Å². The lowest BCUT2D eigenvalue weighted by atomic mass is 9.73. The molecule has 1 aromatic rings. The van der Waals surface area contributed by atoms with Crippen LogP contribution in [0, 0.1) is 17.3 Å². The minimum atomic E-state index is -0.788. The van der Waals surface area contributed by atoms with Gasteiger partial charge in [-0.15, -0.1) is 0 Å². The van der Waals surface area contributed by atoms with Crippen LogP contribution in [0.15, 0.2) is 12.4 Å². The molecular weight excluding hydrogens is 256 g/mol. The fourth-order valence-electron chi connectivity index (χ4n) is 2.80. The van der Waals surface area contributed by atoms with Crippen LogP contribution < -0.4 is 11.5 Å². The van der Waals surface area contributed by atoms with Crippen molar-refractivity contribution in [1.29, 1.82) is 0 Å². The summed E-state index contributed by atoms with van der Waals surface area (Å²) in [6.07, 6.45) is 4.05. The second-order valence-electron chi connectivity index (χ2n) is 6.45. The van der Waals surface area contributed by atoms with E-state index in [1.165, 1.54) is 6.20 Å². The van der Waals surface area contributed by atoms with E-state index >= 15 is 0 Å². The number of nitrogen functional groups attached to an aromatic ring is 1. The molecule has 0 aromatic carbocycles. The lowest BCUT2D eigenvalue weighted by Crippen LogP contribution is -2.33. The van der Waals surface area contributed by atoms with Crippen molar-refractivity contribution in [2.45, 2.75) is 39.7 Å². The van der Waals surface area contributed by atoms with Crippen molar-refractivity contribution in [2.75, 3.05) is 5.73 Å². The molecule has 1 aliphatic rings. The van der Waals surface area contributed by atoms with Gasteiger partial charge >= 0.3 is 6.09 Å². The van der Waals surface area contributed by atoms with E-state index in [-0.39, 0.29) is 11.3 Å². The van der Waals surface area contributed by atoms with E-state index < -0.39 is 12.2 Å². The van der Waals surface area contributed by atoms with Crippen LogP contribution in [-0.4, -0.2) is 16.1 Å². The third kappa shape index (κ3) is 3.37. The van der Waals surface area contributed by atoms with E-state index in [0.717, 1.165) is 12.8 Å². The van der Waals surface area contributed by atoms with Crippen LogP contribution in [0.4, 0.5) is 10.6 Å². The highest BCUT2D eigenvalue weighted by Gasteiger charge is 2.46. The Morgan fingerprint density at radius 1 is 1.35 bits per heavy atom. The summed E-state index contributed by atoms with van der Waals surface area (Å²) in [5.74, 6) is 1.02. The molecule has 4 N–H and O–H groups in total. The molecule has 1 heterocycles. The molecule has 1 fully saturated rings. The van der Waals surface area contributed by atoms with Crippen molar-refractivity contribution in [3.63, 3.8) is 0 Å². The summed E-state index contributed by atoms with van der Waals surface area (Å²) in [6, 6.07) is 0. The lowest BCUT2D eigenvalue weighted by Gasteiger charge is -2.36. The molecule has 6 nitrogen and oxygen atoms in total. The van der Waals surface area contributed by atoms with Crippen LogP contribution in [0.3, 0.4) is 0 Å².